The Bertz CT molecular complexity index is 347. The summed E-state index contributed by atoms with van der Waals surface area (Å²) in [6, 6.07) is 5.46. The van der Waals surface area contributed by atoms with Crippen LogP contribution in [0.3, 0.4) is 0 Å². The zero-order valence-electron chi connectivity index (χ0n) is 9.05. The van der Waals surface area contributed by atoms with Crippen LogP contribution in [0.15, 0.2) is 22.7 Å². The summed E-state index contributed by atoms with van der Waals surface area (Å²) in [5.74, 6) is 0.890. The number of halogens is 1. The third-order valence-electron chi connectivity index (χ3n) is 2.23. The Balaban J connectivity index is 2.86. The molecule has 0 heterocycles. The number of Topliss-reactive ketones (excluding diaryl/α,β-unsaturated/α-hetero) is 1. The molecule has 0 unspecified atom stereocenters. The van der Waals surface area contributed by atoms with Crippen molar-refractivity contribution in [2.45, 2.75) is 26.2 Å². The fraction of sp³-hybridized carbons (Fsp3) is 0.417. The van der Waals surface area contributed by atoms with E-state index in [1.165, 1.54) is 0 Å². The molecule has 2 nitrogen and oxygen atoms in total. The molecule has 3 heteroatoms. The van der Waals surface area contributed by atoms with E-state index in [0.29, 0.717) is 12.0 Å². The Morgan fingerprint density at radius 3 is 2.80 bits per heavy atom. The third-order valence-corrected chi connectivity index (χ3v) is 2.92. The van der Waals surface area contributed by atoms with Gasteiger partial charge in [0.25, 0.3) is 0 Å². The van der Waals surface area contributed by atoms with Crippen molar-refractivity contribution in [1.82, 2.24) is 0 Å². The predicted octanol–water partition coefficient (Wildman–Crippen LogP) is 3.83. The number of carbonyl (C=O) groups is 1. The number of rotatable bonds is 5. The van der Waals surface area contributed by atoms with Crippen LogP contribution in [-0.4, -0.2) is 12.9 Å². The van der Waals surface area contributed by atoms with E-state index >= 15 is 0 Å². The summed E-state index contributed by atoms with van der Waals surface area (Å²) < 4.78 is 5.93. The van der Waals surface area contributed by atoms with E-state index in [9.17, 15) is 4.79 Å². The molecular formula is C12H15BrO2. The number of methoxy groups -OCH3 is 1. The highest BCUT2D eigenvalue weighted by Gasteiger charge is 2.10. The second kappa shape index (κ2) is 5.91. The molecule has 1 aromatic rings. The molecule has 0 aliphatic carbocycles. The van der Waals surface area contributed by atoms with Gasteiger partial charge in [0.2, 0.25) is 0 Å². The SMILES string of the molecule is CCCCC(=O)c1cc(OC)ccc1Br. The lowest BCUT2D eigenvalue weighted by molar-refractivity contribution is 0.0978. The van der Waals surface area contributed by atoms with Gasteiger partial charge in [0.1, 0.15) is 5.75 Å². The summed E-state index contributed by atoms with van der Waals surface area (Å²) in [5.41, 5.74) is 0.711. The van der Waals surface area contributed by atoms with E-state index in [1.54, 1.807) is 13.2 Å². The smallest absolute Gasteiger partial charge is 0.164 e. The second-order valence-electron chi connectivity index (χ2n) is 3.37. The standard InChI is InChI=1S/C12H15BrO2/c1-3-4-5-12(14)10-8-9(15-2)6-7-11(10)13/h6-8H,3-5H2,1-2H3. The van der Waals surface area contributed by atoms with E-state index in [4.69, 9.17) is 4.74 Å². The molecule has 0 atom stereocenters. The molecule has 1 rings (SSSR count). The van der Waals surface area contributed by atoms with Crippen LogP contribution in [0.25, 0.3) is 0 Å². The minimum absolute atomic E-state index is 0.169. The number of hydrogen-bond donors (Lipinski definition) is 0. The van der Waals surface area contributed by atoms with Gasteiger partial charge in [-0.1, -0.05) is 29.3 Å². The highest BCUT2D eigenvalue weighted by atomic mass is 79.9. The fourth-order valence-corrected chi connectivity index (χ4v) is 1.78. The molecule has 0 N–H and O–H groups in total. The van der Waals surface area contributed by atoms with Crippen LogP contribution >= 0.6 is 15.9 Å². The molecule has 0 amide bonds. The average molecular weight is 271 g/mol. The molecule has 0 fully saturated rings. The number of ether oxygens (including phenoxy) is 1. The second-order valence-corrected chi connectivity index (χ2v) is 4.23. The lowest BCUT2D eigenvalue weighted by atomic mass is 10.1. The lowest BCUT2D eigenvalue weighted by Gasteiger charge is -2.06. The maximum absolute atomic E-state index is 11.8. The van der Waals surface area contributed by atoms with Crippen molar-refractivity contribution in [3.63, 3.8) is 0 Å². The number of ketones is 1. The molecule has 0 bridgehead atoms. The van der Waals surface area contributed by atoms with Gasteiger partial charge in [-0.15, -0.1) is 0 Å². The van der Waals surface area contributed by atoms with Crippen LogP contribution < -0.4 is 4.74 Å². The van der Waals surface area contributed by atoms with Gasteiger partial charge in [0, 0.05) is 16.5 Å². The Kier molecular flexibility index (Phi) is 4.82. The molecule has 0 aliphatic rings. The Labute approximate surface area is 98.8 Å². The molecule has 0 saturated heterocycles. The van der Waals surface area contributed by atoms with Crippen LogP contribution in [0.4, 0.5) is 0 Å². The topological polar surface area (TPSA) is 26.3 Å². The van der Waals surface area contributed by atoms with Gasteiger partial charge >= 0.3 is 0 Å². The average Bonchev–Trinajstić information content (AvgIpc) is 2.26. The molecule has 1 aromatic carbocycles. The van der Waals surface area contributed by atoms with Crippen LogP contribution in [0.1, 0.15) is 36.5 Å². The summed E-state index contributed by atoms with van der Waals surface area (Å²) in [6.45, 7) is 2.08. The Morgan fingerprint density at radius 2 is 2.20 bits per heavy atom. The minimum Gasteiger partial charge on any atom is -0.497 e. The zero-order chi connectivity index (χ0) is 11.3. The summed E-state index contributed by atoms with van der Waals surface area (Å²) in [5, 5.41) is 0. The van der Waals surface area contributed by atoms with E-state index in [-0.39, 0.29) is 5.78 Å². The molecular weight excluding hydrogens is 256 g/mol. The van der Waals surface area contributed by atoms with Crippen molar-refractivity contribution in [3.05, 3.63) is 28.2 Å². The molecule has 0 aliphatic heterocycles. The fourth-order valence-electron chi connectivity index (χ4n) is 1.32. The third kappa shape index (κ3) is 3.34. The first kappa shape index (κ1) is 12.2. The van der Waals surface area contributed by atoms with E-state index in [2.05, 4.69) is 22.9 Å². The van der Waals surface area contributed by atoms with Crippen molar-refractivity contribution in [2.75, 3.05) is 7.11 Å². The Morgan fingerprint density at radius 1 is 1.47 bits per heavy atom. The molecule has 0 aromatic heterocycles. The highest BCUT2D eigenvalue weighted by Crippen LogP contribution is 2.24. The summed E-state index contributed by atoms with van der Waals surface area (Å²) in [6.07, 6.45) is 2.57. The number of benzene rings is 1. The van der Waals surface area contributed by atoms with Crippen molar-refractivity contribution >= 4 is 21.7 Å². The van der Waals surface area contributed by atoms with Gasteiger partial charge in [-0.25, -0.2) is 0 Å². The maximum atomic E-state index is 11.8. The number of hydrogen-bond acceptors (Lipinski definition) is 2. The summed E-state index contributed by atoms with van der Waals surface area (Å²) in [7, 11) is 1.60. The Hall–Kier alpha value is -0.830. The molecule has 82 valence electrons. The molecule has 15 heavy (non-hydrogen) atoms. The first-order chi connectivity index (χ1) is 7.19. The van der Waals surface area contributed by atoms with Crippen LogP contribution in [0, 0.1) is 0 Å². The van der Waals surface area contributed by atoms with Crippen molar-refractivity contribution in [1.29, 1.82) is 0 Å². The van der Waals surface area contributed by atoms with Gasteiger partial charge in [-0.05, 0) is 24.6 Å². The van der Waals surface area contributed by atoms with Crippen LogP contribution in [0.5, 0.6) is 5.75 Å². The quantitative estimate of drug-likeness (QED) is 0.761. The van der Waals surface area contributed by atoms with E-state index in [0.717, 1.165) is 23.1 Å². The maximum Gasteiger partial charge on any atom is 0.164 e. The van der Waals surface area contributed by atoms with Gasteiger partial charge in [0.15, 0.2) is 5.78 Å². The van der Waals surface area contributed by atoms with E-state index in [1.807, 2.05) is 12.1 Å². The van der Waals surface area contributed by atoms with Crippen molar-refractivity contribution in [3.8, 4) is 5.75 Å². The molecule has 0 saturated carbocycles. The predicted molar refractivity (Wildman–Crippen MR) is 64.5 cm³/mol. The minimum atomic E-state index is 0.169. The van der Waals surface area contributed by atoms with Crippen molar-refractivity contribution in [2.24, 2.45) is 0 Å². The van der Waals surface area contributed by atoms with Gasteiger partial charge in [-0.2, -0.15) is 0 Å². The molecule has 0 spiro atoms. The van der Waals surface area contributed by atoms with Gasteiger partial charge in [-0.3, -0.25) is 4.79 Å². The monoisotopic (exact) mass is 270 g/mol. The summed E-state index contributed by atoms with van der Waals surface area (Å²) in [4.78, 5) is 11.8. The largest absolute Gasteiger partial charge is 0.497 e. The van der Waals surface area contributed by atoms with Crippen molar-refractivity contribution < 1.29 is 9.53 Å². The van der Waals surface area contributed by atoms with Gasteiger partial charge in [0.05, 0.1) is 7.11 Å². The van der Waals surface area contributed by atoms with Crippen LogP contribution in [-0.2, 0) is 0 Å². The lowest BCUT2D eigenvalue weighted by Crippen LogP contribution is -2.00. The normalized spacial score (nSPS) is 10.1. The van der Waals surface area contributed by atoms with E-state index < -0.39 is 0 Å². The zero-order valence-corrected chi connectivity index (χ0v) is 10.6. The first-order valence-electron chi connectivity index (χ1n) is 5.05. The summed E-state index contributed by atoms with van der Waals surface area (Å²) >= 11 is 3.38. The highest BCUT2D eigenvalue weighted by molar-refractivity contribution is 9.10. The molecule has 0 radical (unpaired) electrons. The number of unbranched alkanes of at least 4 members (excludes halogenated alkanes) is 1. The van der Waals surface area contributed by atoms with Crippen LogP contribution in [0.2, 0.25) is 0 Å². The number of carbonyl (C=O) groups excluding carboxylic acids is 1. The van der Waals surface area contributed by atoms with Gasteiger partial charge < -0.3 is 4.74 Å². The first-order valence-corrected chi connectivity index (χ1v) is 5.85.